The fourth-order valence-corrected chi connectivity index (χ4v) is 1.69. The Labute approximate surface area is 110 Å². The summed E-state index contributed by atoms with van der Waals surface area (Å²) >= 11 is 2.05. The number of hydrogen-bond donors (Lipinski definition) is 2. The average molecular weight is 345 g/mol. The fraction of sp³-hybridized carbons (Fsp3) is 0.100. The lowest BCUT2D eigenvalue weighted by Crippen LogP contribution is -2.12. The first-order valence-electron chi connectivity index (χ1n) is 4.66. The third kappa shape index (κ3) is 2.73. The predicted octanol–water partition coefficient (Wildman–Crippen LogP) is 1.94. The van der Waals surface area contributed by atoms with Crippen molar-refractivity contribution in [3.05, 3.63) is 33.2 Å². The van der Waals surface area contributed by atoms with Crippen molar-refractivity contribution in [1.29, 1.82) is 0 Å². The van der Waals surface area contributed by atoms with Crippen molar-refractivity contribution in [2.24, 2.45) is 0 Å². The van der Waals surface area contributed by atoms with Crippen molar-refractivity contribution < 1.29 is 14.4 Å². The van der Waals surface area contributed by atoms with E-state index in [0.717, 1.165) is 3.57 Å². The Morgan fingerprint density at radius 1 is 1.53 bits per heavy atom. The number of nitrogens with one attached hydrogen (secondary N) is 1. The van der Waals surface area contributed by atoms with Gasteiger partial charge in [0.1, 0.15) is 5.75 Å². The van der Waals surface area contributed by atoms with Crippen LogP contribution in [0.25, 0.3) is 0 Å². The number of phenolic OH excluding ortho intramolecular Hbond substituents is 1. The van der Waals surface area contributed by atoms with Crippen LogP contribution in [-0.4, -0.2) is 21.2 Å². The van der Waals surface area contributed by atoms with Crippen LogP contribution in [-0.2, 0) is 0 Å². The number of amides is 1. The summed E-state index contributed by atoms with van der Waals surface area (Å²) in [5.41, 5.74) is 0.160. The maximum atomic E-state index is 11.8. The summed E-state index contributed by atoms with van der Waals surface area (Å²) in [5, 5.41) is 15.5. The Kier molecular flexibility index (Phi) is 3.27. The van der Waals surface area contributed by atoms with Gasteiger partial charge >= 0.3 is 6.01 Å². The van der Waals surface area contributed by atoms with Crippen molar-refractivity contribution >= 4 is 34.5 Å². The number of halogens is 1. The van der Waals surface area contributed by atoms with Crippen molar-refractivity contribution in [2.45, 2.75) is 6.92 Å². The number of carbonyl (C=O) groups is 1. The van der Waals surface area contributed by atoms with Crippen molar-refractivity contribution in [3.63, 3.8) is 0 Å². The zero-order chi connectivity index (χ0) is 12.4. The summed E-state index contributed by atoms with van der Waals surface area (Å²) < 4.78 is 5.59. The fourth-order valence-electron chi connectivity index (χ4n) is 1.20. The lowest BCUT2D eigenvalue weighted by Gasteiger charge is -2.03. The quantitative estimate of drug-likeness (QED) is 0.813. The Morgan fingerprint density at radius 2 is 2.29 bits per heavy atom. The van der Waals surface area contributed by atoms with Gasteiger partial charge in [-0.3, -0.25) is 10.1 Å². The van der Waals surface area contributed by atoms with E-state index in [9.17, 15) is 9.90 Å². The number of hydrogen-bond acceptors (Lipinski definition) is 5. The van der Waals surface area contributed by atoms with E-state index in [-0.39, 0.29) is 17.3 Å². The third-order valence-corrected chi connectivity index (χ3v) is 2.62. The molecule has 0 spiro atoms. The number of aromatic nitrogens is 2. The molecule has 0 atom stereocenters. The first-order chi connectivity index (χ1) is 8.06. The monoisotopic (exact) mass is 345 g/mol. The molecule has 1 heterocycles. The zero-order valence-corrected chi connectivity index (χ0v) is 10.9. The summed E-state index contributed by atoms with van der Waals surface area (Å²) in [5.74, 6) is -0.170. The van der Waals surface area contributed by atoms with Crippen LogP contribution in [0, 0.1) is 10.5 Å². The van der Waals surface area contributed by atoms with Crippen LogP contribution < -0.4 is 5.32 Å². The molecule has 0 bridgehead atoms. The second-order valence-electron chi connectivity index (χ2n) is 3.26. The van der Waals surface area contributed by atoms with Crippen LogP contribution in [0.4, 0.5) is 6.01 Å². The highest BCUT2D eigenvalue weighted by atomic mass is 127. The van der Waals surface area contributed by atoms with Gasteiger partial charge in [0.15, 0.2) is 5.82 Å². The molecule has 0 saturated heterocycles. The van der Waals surface area contributed by atoms with Crippen molar-refractivity contribution in [3.8, 4) is 5.75 Å². The lowest BCUT2D eigenvalue weighted by atomic mass is 10.2. The van der Waals surface area contributed by atoms with Gasteiger partial charge in [-0.15, -0.1) is 0 Å². The van der Waals surface area contributed by atoms with Gasteiger partial charge < -0.3 is 9.63 Å². The molecule has 2 rings (SSSR count). The van der Waals surface area contributed by atoms with E-state index in [1.54, 1.807) is 19.1 Å². The molecular weight excluding hydrogens is 337 g/mol. The topological polar surface area (TPSA) is 88.2 Å². The molecule has 0 radical (unpaired) electrons. The van der Waals surface area contributed by atoms with Gasteiger partial charge in [0, 0.05) is 3.57 Å². The normalized spacial score (nSPS) is 10.2. The van der Waals surface area contributed by atoms with Crippen LogP contribution in [0.3, 0.4) is 0 Å². The SMILES string of the molecule is Cc1noc(NC(=O)c2cc(I)ccc2O)n1. The number of carbonyl (C=O) groups excluding carboxylic acids is 1. The van der Waals surface area contributed by atoms with Crippen LogP contribution >= 0.6 is 22.6 Å². The van der Waals surface area contributed by atoms with Crippen LogP contribution in [0.5, 0.6) is 5.75 Å². The molecule has 6 nitrogen and oxygen atoms in total. The van der Waals surface area contributed by atoms with Gasteiger partial charge in [-0.1, -0.05) is 5.16 Å². The van der Waals surface area contributed by atoms with Gasteiger partial charge in [-0.25, -0.2) is 0 Å². The molecule has 0 aliphatic carbocycles. The van der Waals surface area contributed by atoms with Gasteiger partial charge in [-0.2, -0.15) is 4.98 Å². The minimum absolute atomic E-state index is 0.00533. The zero-order valence-electron chi connectivity index (χ0n) is 8.77. The highest BCUT2D eigenvalue weighted by Crippen LogP contribution is 2.20. The highest BCUT2D eigenvalue weighted by Gasteiger charge is 2.14. The number of aromatic hydroxyl groups is 1. The number of phenols is 1. The Morgan fingerprint density at radius 3 is 2.94 bits per heavy atom. The molecule has 17 heavy (non-hydrogen) atoms. The van der Waals surface area contributed by atoms with Crippen LogP contribution in [0.15, 0.2) is 22.7 Å². The maximum absolute atomic E-state index is 11.8. The number of aryl methyl sites for hydroxylation is 1. The summed E-state index contributed by atoms with van der Waals surface area (Å²) in [7, 11) is 0. The molecule has 1 amide bonds. The Balaban J connectivity index is 2.22. The van der Waals surface area contributed by atoms with Gasteiger partial charge in [-0.05, 0) is 47.7 Å². The smallest absolute Gasteiger partial charge is 0.328 e. The van der Waals surface area contributed by atoms with Gasteiger partial charge in [0.2, 0.25) is 0 Å². The molecule has 2 aromatic rings. The molecular formula is C10H8IN3O3. The van der Waals surface area contributed by atoms with Gasteiger partial charge in [0.25, 0.3) is 5.91 Å². The van der Waals surface area contributed by atoms with E-state index in [4.69, 9.17) is 4.52 Å². The first kappa shape index (κ1) is 11.8. The average Bonchev–Trinajstić information content (AvgIpc) is 2.67. The molecule has 0 saturated carbocycles. The minimum atomic E-state index is -0.496. The molecule has 0 fully saturated rings. The summed E-state index contributed by atoms with van der Waals surface area (Å²) in [6, 6.07) is 4.72. The number of benzene rings is 1. The van der Waals surface area contributed by atoms with E-state index in [2.05, 4.69) is 15.5 Å². The molecule has 0 unspecified atom stereocenters. The molecule has 1 aromatic heterocycles. The van der Waals surface area contributed by atoms with E-state index < -0.39 is 5.91 Å². The number of nitrogens with zero attached hydrogens (tertiary/aromatic N) is 2. The molecule has 0 aliphatic rings. The lowest BCUT2D eigenvalue weighted by molar-refractivity contribution is 0.102. The molecule has 2 N–H and O–H groups in total. The van der Waals surface area contributed by atoms with E-state index in [1.165, 1.54) is 6.07 Å². The van der Waals surface area contributed by atoms with E-state index in [0.29, 0.717) is 5.82 Å². The largest absolute Gasteiger partial charge is 0.507 e. The summed E-state index contributed by atoms with van der Waals surface area (Å²) in [6.45, 7) is 1.64. The van der Waals surface area contributed by atoms with Crippen molar-refractivity contribution in [2.75, 3.05) is 5.32 Å². The van der Waals surface area contributed by atoms with Crippen LogP contribution in [0.2, 0.25) is 0 Å². The molecule has 7 heteroatoms. The molecule has 0 aliphatic heterocycles. The minimum Gasteiger partial charge on any atom is -0.507 e. The Hall–Kier alpha value is -1.64. The number of rotatable bonds is 2. The second-order valence-corrected chi connectivity index (χ2v) is 4.51. The standard InChI is InChI=1S/C10H8IN3O3/c1-5-12-10(17-14-5)13-9(16)7-4-6(11)2-3-8(7)15/h2-4,15H,1H3,(H,12,13,14,16). The first-order valence-corrected chi connectivity index (χ1v) is 5.74. The molecule has 88 valence electrons. The van der Waals surface area contributed by atoms with E-state index in [1.807, 2.05) is 22.6 Å². The van der Waals surface area contributed by atoms with Crippen LogP contribution in [0.1, 0.15) is 16.2 Å². The van der Waals surface area contributed by atoms with E-state index >= 15 is 0 Å². The maximum Gasteiger partial charge on any atom is 0.328 e. The van der Waals surface area contributed by atoms with Crippen molar-refractivity contribution in [1.82, 2.24) is 10.1 Å². The summed E-state index contributed by atoms with van der Waals surface area (Å²) in [4.78, 5) is 15.6. The highest BCUT2D eigenvalue weighted by molar-refractivity contribution is 14.1. The summed E-state index contributed by atoms with van der Waals surface area (Å²) in [6.07, 6.45) is 0. The van der Waals surface area contributed by atoms with Gasteiger partial charge in [0.05, 0.1) is 5.56 Å². The second kappa shape index (κ2) is 4.70. The number of anilines is 1. The predicted molar refractivity (Wildman–Crippen MR) is 67.8 cm³/mol. The third-order valence-electron chi connectivity index (χ3n) is 1.95. The molecule has 1 aromatic carbocycles. The Bertz CT molecular complexity index is 568.